The quantitative estimate of drug-likeness (QED) is 0.411. The van der Waals surface area contributed by atoms with E-state index in [9.17, 15) is 5.11 Å². The maximum Gasteiger partial charge on any atom is 0.125 e. The molecule has 2 N–H and O–H groups in total. The fourth-order valence-corrected chi connectivity index (χ4v) is 2.75. The van der Waals surface area contributed by atoms with Gasteiger partial charge in [-0.15, -0.1) is 0 Å². The predicted molar refractivity (Wildman–Crippen MR) is 90.6 cm³/mol. The lowest BCUT2D eigenvalue weighted by molar-refractivity contribution is 0.0254. The molecule has 0 aromatic carbocycles. The van der Waals surface area contributed by atoms with Crippen molar-refractivity contribution in [2.45, 2.75) is 90.4 Å². The van der Waals surface area contributed by atoms with Gasteiger partial charge >= 0.3 is 0 Å². The molecule has 0 saturated carbocycles. The van der Waals surface area contributed by atoms with E-state index >= 15 is 0 Å². The van der Waals surface area contributed by atoms with E-state index in [0.717, 1.165) is 6.42 Å². The van der Waals surface area contributed by atoms with Crippen molar-refractivity contribution in [2.24, 2.45) is 0 Å². The van der Waals surface area contributed by atoms with Gasteiger partial charge in [-0.2, -0.15) is 0 Å². The molecule has 0 fully saturated rings. The van der Waals surface area contributed by atoms with Crippen molar-refractivity contribution < 1.29 is 5.11 Å². The van der Waals surface area contributed by atoms with Gasteiger partial charge in [-0.3, -0.25) is 0 Å². The average molecular weight is 294 g/mol. The number of rotatable bonds is 12. The van der Waals surface area contributed by atoms with Gasteiger partial charge in [0.2, 0.25) is 0 Å². The smallest absolute Gasteiger partial charge is 0.125 e. The SMILES string of the molecule is CCCCC/C=C/CCCCCCC1NC=CN1C(C)O. The first-order chi connectivity index (χ1) is 10.3. The molecule has 0 aromatic rings. The fraction of sp³-hybridized carbons (Fsp3) is 0.778. The Balaban J connectivity index is 1.91. The molecule has 1 aliphatic heterocycles. The Morgan fingerprint density at radius 3 is 2.43 bits per heavy atom. The van der Waals surface area contributed by atoms with Crippen LogP contribution in [0.25, 0.3) is 0 Å². The third-order valence-electron chi connectivity index (χ3n) is 4.07. The average Bonchev–Trinajstić information content (AvgIpc) is 2.93. The molecule has 0 spiro atoms. The van der Waals surface area contributed by atoms with E-state index in [1.54, 1.807) is 0 Å². The van der Waals surface area contributed by atoms with Crippen LogP contribution in [0, 0.1) is 0 Å². The molecule has 2 atom stereocenters. The molecule has 1 heterocycles. The molecule has 0 bridgehead atoms. The maximum absolute atomic E-state index is 9.63. The Kier molecular flexibility index (Phi) is 10.1. The van der Waals surface area contributed by atoms with Gasteiger partial charge in [-0.05, 0) is 45.4 Å². The highest BCUT2D eigenvalue weighted by molar-refractivity contribution is 4.94. The lowest BCUT2D eigenvalue weighted by atomic mass is 10.1. The molecule has 0 aliphatic carbocycles. The van der Waals surface area contributed by atoms with Gasteiger partial charge in [0.25, 0.3) is 0 Å². The summed E-state index contributed by atoms with van der Waals surface area (Å²) < 4.78 is 0. The minimum Gasteiger partial charge on any atom is -0.374 e. The maximum atomic E-state index is 9.63. The summed E-state index contributed by atoms with van der Waals surface area (Å²) in [6.45, 7) is 4.07. The highest BCUT2D eigenvalue weighted by Crippen LogP contribution is 2.15. The molecule has 0 amide bonds. The number of allylic oxidation sites excluding steroid dienone is 2. The largest absolute Gasteiger partial charge is 0.374 e. The van der Waals surface area contributed by atoms with Crippen LogP contribution in [0.15, 0.2) is 24.6 Å². The molecule has 0 saturated heterocycles. The van der Waals surface area contributed by atoms with E-state index in [1.807, 2.05) is 24.2 Å². The van der Waals surface area contributed by atoms with Crippen LogP contribution in [0.1, 0.15) is 78.1 Å². The molecule has 0 aromatic heterocycles. The molecular weight excluding hydrogens is 260 g/mol. The summed E-state index contributed by atoms with van der Waals surface area (Å²) in [5.41, 5.74) is 0. The van der Waals surface area contributed by atoms with Crippen LogP contribution < -0.4 is 5.32 Å². The van der Waals surface area contributed by atoms with Gasteiger partial charge in [0.1, 0.15) is 12.4 Å². The molecule has 122 valence electrons. The number of nitrogens with one attached hydrogen (secondary N) is 1. The highest BCUT2D eigenvalue weighted by atomic mass is 16.3. The monoisotopic (exact) mass is 294 g/mol. The number of aliphatic hydroxyl groups is 1. The summed E-state index contributed by atoms with van der Waals surface area (Å²) in [6, 6.07) is 0. The molecule has 3 heteroatoms. The summed E-state index contributed by atoms with van der Waals surface area (Å²) in [4.78, 5) is 1.99. The zero-order valence-corrected chi connectivity index (χ0v) is 13.9. The van der Waals surface area contributed by atoms with Gasteiger partial charge in [0.15, 0.2) is 0 Å². The van der Waals surface area contributed by atoms with Crippen LogP contribution in [0.4, 0.5) is 0 Å². The van der Waals surface area contributed by atoms with E-state index < -0.39 is 6.23 Å². The topological polar surface area (TPSA) is 35.5 Å². The van der Waals surface area contributed by atoms with Crippen molar-refractivity contribution in [3.63, 3.8) is 0 Å². The van der Waals surface area contributed by atoms with E-state index in [1.165, 1.54) is 57.8 Å². The number of aliphatic hydroxyl groups excluding tert-OH is 1. The Hall–Kier alpha value is -0.960. The normalized spacial score (nSPS) is 19.4. The fourth-order valence-electron chi connectivity index (χ4n) is 2.75. The Labute approximate surface area is 131 Å². The molecule has 1 aliphatic rings. The molecule has 0 radical (unpaired) electrons. The molecule has 3 nitrogen and oxygen atoms in total. The second-order valence-corrected chi connectivity index (χ2v) is 6.04. The molecule has 2 unspecified atom stereocenters. The Bertz CT molecular complexity index is 300. The van der Waals surface area contributed by atoms with Crippen molar-refractivity contribution in [3.8, 4) is 0 Å². The van der Waals surface area contributed by atoms with Gasteiger partial charge in [0.05, 0.1) is 0 Å². The van der Waals surface area contributed by atoms with Crippen LogP contribution in [-0.2, 0) is 0 Å². The minimum absolute atomic E-state index is 0.281. The summed E-state index contributed by atoms with van der Waals surface area (Å²) in [7, 11) is 0. The van der Waals surface area contributed by atoms with Crippen molar-refractivity contribution in [1.29, 1.82) is 0 Å². The minimum atomic E-state index is -0.404. The third kappa shape index (κ3) is 8.15. The van der Waals surface area contributed by atoms with Crippen molar-refractivity contribution in [3.05, 3.63) is 24.6 Å². The lowest BCUT2D eigenvalue weighted by Crippen LogP contribution is -2.40. The molecule has 1 rings (SSSR count). The zero-order chi connectivity index (χ0) is 15.3. The molecular formula is C18H34N2O. The summed E-state index contributed by atoms with van der Waals surface area (Å²) in [6.07, 6.45) is 21.2. The Morgan fingerprint density at radius 1 is 1.10 bits per heavy atom. The second kappa shape index (κ2) is 11.7. The van der Waals surface area contributed by atoms with E-state index in [2.05, 4.69) is 24.4 Å². The van der Waals surface area contributed by atoms with Gasteiger partial charge in [-0.1, -0.05) is 44.8 Å². The second-order valence-electron chi connectivity index (χ2n) is 6.04. The van der Waals surface area contributed by atoms with Crippen LogP contribution in [0.3, 0.4) is 0 Å². The van der Waals surface area contributed by atoms with Crippen molar-refractivity contribution >= 4 is 0 Å². The first-order valence-electron chi connectivity index (χ1n) is 8.79. The zero-order valence-electron chi connectivity index (χ0n) is 13.9. The van der Waals surface area contributed by atoms with Crippen LogP contribution in [0.2, 0.25) is 0 Å². The van der Waals surface area contributed by atoms with E-state index in [4.69, 9.17) is 0 Å². The number of nitrogens with zero attached hydrogens (tertiary/aromatic N) is 1. The van der Waals surface area contributed by atoms with Gasteiger partial charge in [0, 0.05) is 12.4 Å². The lowest BCUT2D eigenvalue weighted by Gasteiger charge is -2.28. The van der Waals surface area contributed by atoms with Crippen LogP contribution >= 0.6 is 0 Å². The first-order valence-corrected chi connectivity index (χ1v) is 8.79. The summed E-state index contributed by atoms with van der Waals surface area (Å²) in [5.74, 6) is 0. The molecule has 21 heavy (non-hydrogen) atoms. The van der Waals surface area contributed by atoms with E-state index in [-0.39, 0.29) is 6.17 Å². The number of hydrogen-bond donors (Lipinski definition) is 2. The van der Waals surface area contributed by atoms with Crippen LogP contribution in [0.5, 0.6) is 0 Å². The highest BCUT2D eigenvalue weighted by Gasteiger charge is 2.20. The van der Waals surface area contributed by atoms with E-state index in [0.29, 0.717) is 0 Å². The third-order valence-corrected chi connectivity index (χ3v) is 4.07. The standard InChI is InChI=1S/C18H34N2O/c1-3-4-5-6-7-8-9-10-11-12-13-14-18-19-15-16-20(18)17(2)21/h7-8,15-19,21H,3-6,9-14H2,1-2H3/b8-7+. The summed E-state index contributed by atoms with van der Waals surface area (Å²) in [5, 5.41) is 12.9. The van der Waals surface area contributed by atoms with Gasteiger partial charge in [-0.25, -0.2) is 0 Å². The van der Waals surface area contributed by atoms with Crippen molar-refractivity contribution in [2.75, 3.05) is 0 Å². The summed E-state index contributed by atoms with van der Waals surface area (Å²) >= 11 is 0. The predicted octanol–water partition coefficient (Wildman–Crippen LogP) is 4.50. The number of hydrogen-bond acceptors (Lipinski definition) is 3. The first kappa shape index (κ1) is 18.1. The van der Waals surface area contributed by atoms with Crippen LogP contribution in [-0.4, -0.2) is 22.4 Å². The Morgan fingerprint density at radius 2 is 1.76 bits per heavy atom. The van der Waals surface area contributed by atoms with Crippen molar-refractivity contribution in [1.82, 2.24) is 10.2 Å². The van der Waals surface area contributed by atoms with Gasteiger partial charge < -0.3 is 15.3 Å². The number of unbranched alkanes of at least 4 members (excludes halogenated alkanes) is 7.